The van der Waals surface area contributed by atoms with Crippen molar-refractivity contribution in [3.8, 4) is 5.69 Å². The largest absolute Gasteiger partial charge is 0.346 e. The number of amides is 1. The minimum absolute atomic E-state index is 0.101. The average Bonchev–Trinajstić information content (AvgIpc) is 2.77. The van der Waals surface area contributed by atoms with Crippen molar-refractivity contribution in [3.63, 3.8) is 0 Å². The maximum atomic E-state index is 12.8. The molecule has 4 aromatic rings. The monoisotopic (exact) mass is 383 g/mol. The van der Waals surface area contributed by atoms with E-state index in [1.54, 1.807) is 30.3 Å². The van der Waals surface area contributed by atoms with Gasteiger partial charge in [0.1, 0.15) is 0 Å². The molecule has 0 saturated heterocycles. The van der Waals surface area contributed by atoms with Gasteiger partial charge in [0, 0.05) is 10.9 Å². The van der Waals surface area contributed by atoms with Crippen LogP contribution in [0, 0.1) is 6.92 Å². The molecule has 1 aromatic heterocycles. The molecule has 5 nitrogen and oxygen atoms in total. The molecule has 1 N–H and O–H groups in total. The molecule has 0 aliphatic heterocycles. The van der Waals surface area contributed by atoms with Gasteiger partial charge >= 0.3 is 0 Å². The lowest BCUT2D eigenvalue weighted by atomic mass is 10.1. The van der Waals surface area contributed by atoms with Crippen LogP contribution in [-0.4, -0.2) is 15.7 Å². The van der Waals surface area contributed by atoms with Gasteiger partial charge in [-0.15, -0.1) is 0 Å². The third-order valence-electron chi connectivity index (χ3n) is 5.01. The predicted molar refractivity (Wildman–Crippen MR) is 114 cm³/mol. The number of aromatic nitrogens is 2. The van der Waals surface area contributed by atoms with Crippen molar-refractivity contribution < 1.29 is 4.79 Å². The minimum atomic E-state index is -0.180. The van der Waals surface area contributed by atoms with Crippen LogP contribution in [0.15, 0.2) is 83.7 Å². The highest BCUT2D eigenvalue weighted by molar-refractivity contribution is 5.94. The molecule has 4 rings (SSSR count). The van der Waals surface area contributed by atoms with Gasteiger partial charge in [-0.25, -0.2) is 0 Å². The Labute approximate surface area is 168 Å². The smallest absolute Gasteiger partial charge is 0.279 e. The lowest BCUT2D eigenvalue weighted by Crippen LogP contribution is -2.27. The SMILES string of the molecule is Cc1nn(-c2ccc(C(=O)NC(C)c3ccccc3)cc2)c(=O)c2ccccc12. The van der Waals surface area contributed by atoms with E-state index < -0.39 is 0 Å². The lowest BCUT2D eigenvalue weighted by molar-refractivity contribution is 0.0940. The maximum absolute atomic E-state index is 12.8. The van der Waals surface area contributed by atoms with E-state index in [1.807, 2.05) is 62.4 Å². The van der Waals surface area contributed by atoms with Crippen LogP contribution < -0.4 is 10.9 Å². The number of nitrogens with zero attached hydrogens (tertiary/aromatic N) is 2. The van der Waals surface area contributed by atoms with Gasteiger partial charge < -0.3 is 5.32 Å². The molecule has 144 valence electrons. The van der Waals surface area contributed by atoms with Crippen LogP contribution in [0.2, 0.25) is 0 Å². The Balaban J connectivity index is 1.60. The molecule has 0 saturated carbocycles. The van der Waals surface area contributed by atoms with Crippen molar-refractivity contribution in [2.45, 2.75) is 19.9 Å². The van der Waals surface area contributed by atoms with Crippen LogP contribution >= 0.6 is 0 Å². The normalized spacial score (nSPS) is 11.9. The van der Waals surface area contributed by atoms with Crippen molar-refractivity contribution in [3.05, 3.63) is 106 Å². The summed E-state index contributed by atoms with van der Waals surface area (Å²) in [5.74, 6) is -0.164. The summed E-state index contributed by atoms with van der Waals surface area (Å²) < 4.78 is 1.38. The highest BCUT2D eigenvalue weighted by atomic mass is 16.1. The Bertz CT molecular complexity index is 1230. The van der Waals surface area contributed by atoms with Gasteiger partial charge in [0.2, 0.25) is 0 Å². The summed E-state index contributed by atoms with van der Waals surface area (Å²) in [4.78, 5) is 25.4. The summed E-state index contributed by atoms with van der Waals surface area (Å²) in [6, 6.07) is 24.0. The molecule has 0 bridgehead atoms. The molecule has 3 aromatic carbocycles. The zero-order valence-electron chi connectivity index (χ0n) is 16.3. The first-order chi connectivity index (χ1) is 14.0. The van der Waals surface area contributed by atoms with Gasteiger partial charge in [0.05, 0.1) is 22.8 Å². The zero-order valence-corrected chi connectivity index (χ0v) is 16.3. The van der Waals surface area contributed by atoms with E-state index in [2.05, 4.69) is 10.4 Å². The van der Waals surface area contributed by atoms with Crippen LogP contribution in [0.4, 0.5) is 0 Å². The molecule has 5 heteroatoms. The van der Waals surface area contributed by atoms with Crippen molar-refractivity contribution in [1.29, 1.82) is 0 Å². The average molecular weight is 383 g/mol. The number of aryl methyl sites for hydroxylation is 1. The summed E-state index contributed by atoms with van der Waals surface area (Å²) in [6.07, 6.45) is 0. The molecule has 0 fully saturated rings. The first-order valence-electron chi connectivity index (χ1n) is 9.49. The molecule has 0 aliphatic carbocycles. The highest BCUT2D eigenvalue weighted by Crippen LogP contribution is 2.16. The van der Waals surface area contributed by atoms with Crippen molar-refractivity contribution >= 4 is 16.7 Å². The fourth-order valence-electron chi connectivity index (χ4n) is 3.38. The predicted octanol–water partition coefficient (Wildman–Crippen LogP) is 4.19. The number of carbonyl (C=O) groups is 1. The van der Waals surface area contributed by atoms with E-state index in [9.17, 15) is 9.59 Å². The van der Waals surface area contributed by atoms with Crippen LogP contribution in [0.5, 0.6) is 0 Å². The fourth-order valence-corrected chi connectivity index (χ4v) is 3.38. The van der Waals surface area contributed by atoms with E-state index in [-0.39, 0.29) is 17.5 Å². The van der Waals surface area contributed by atoms with Gasteiger partial charge in [0.15, 0.2) is 0 Å². The number of rotatable bonds is 4. The van der Waals surface area contributed by atoms with E-state index in [4.69, 9.17) is 0 Å². The summed E-state index contributed by atoms with van der Waals surface area (Å²) in [6.45, 7) is 3.83. The Morgan fingerprint density at radius 1 is 0.897 bits per heavy atom. The van der Waals surface area contributed by atoms with Crippen molar-refractivity contribution in [2.75, 3.05) is 0 Å². The molecule has 1 atom stereocenters. The zero-order chi connectivity index (χ0) is 20.4. The fraction of sp³-hybridized carbons (Fsp3) is 0.125. The molecule has 1 heterocycles. The van der Waals surface area contributed by atoms with E-state index in [0.717, 1.165) is 16.6 Å². The number of fused-ring (bicyclic) bond motifs is 1. The molecule has 1 amide bonds. The van der Waals surface area contributed by atoms with Crippen molar-refractivity contribution in [1.82, 2.24) is 15.1 Å². The number of benzene rings is 3. The Kier molecular flexibility index (Phi) is 4.96. The van der Waals surface area contributed by atoms with E-state index in [0.29, 0.717) is 16.6 Å². The molecule has 0 spiro atoms. The summed E-state index contributed by atoms with van der Waals surface area (Å²) in [5.41, 5.74) is 2.79. The topological polar surface area (TPSA) is 64.0 Å². The standard InChI is InChI=1S/C24H21N3O2/c1-16(18-8-4-3-5-9-18)25-23(28)19-12-14-20(15-13-19)27-24(29)22-11-7-6-10-21(22)17(2)26-27/h3-16H,1-2H3,(H,25,28). The molecular formula is C24H21N3O2. The molecule has 0 radical (unpaired) electrons. The first kappa shape index (κ1) is 18.6. The van der Waals surface area contributed by atoms with E-state index in [1.165, 1.54) is 4.68 Å². The maximum Gasteiger partial charge on any atom is 0.279 e. The molecule has 1 unspecified atom stereocenters. The first-order valence-corrected chi connectivity index (χ1v) is 9.49. The van der Waals surface area contributed by atoms with Crippen molar-refractivity contribution in [2.24, 2.45) is 0 Å². The Hall–Kier alpha value is -3.73. The second kappa shape index (κ2) is 7.72. The third kappa shape index (κ3) is 3.67. The van der Waals surface area contributed by atoms with Crippen LogP contribution in [0.3, 0.4) is 0 Å². The summed E-state index contributed by atoms with van der Waals surface area (Å²) in [5, 5.41) is 8.90. The third-order valence-corrected chi connectivity index (χ3v) is 5.01. The van der Waals surface area contributed by atoms with Crippen LogP contribution in [-0.2, 0) is 0 Å². The van der Waals surface area contributed by atoms with Crippen LogP contribution in [0.25, 0.3) is 16.5 Å². The Morgan fingerprint density at radius 3 is 2.21 bits per heavy atom. The van der Waals surface area contributed by atoms with Gasteiger partial charge in [-0.3, -0.25) is 9.59 Å². The lowest BCUT2D eigenvalue weighted by Gasteiger charge is -2.14. The molecule has 0 aliphatic rings. The molecular weight excluding hydrogens is 362 g/mol. The van der Waals surface area contributed by atoms with Crippen LogP contribution in [0.1, 0.15) is 34.6 Å². The van der Waals surface area contributed by atoms with Gasteiger partial charge in [-0.1, -0.05) is 48.5 Å². The van der Waals surface area contributed by atoms with Gasteiger partial charge in [0.25, 0.3) is 11.5 Å². The number of carbonyl (C=O) groups excluding carboxylic acids is 1. The molecule has 29 heavy (non-hydrogen) atoms. The second-order valence-electron chi connectivity index (χ2n) is 7.00. The van der Waals surface area contributed by atoms with E-state index >= 15 is 0 Å². The number of nitrogens with one attached hydrogen (secondary N) is 1. The van der Waals surface area contributed by atoms with Gasteiger partial charge in [-0.2, -0.15) is 9.78 Å². The second-order valence-corrected chi connectivity index (χ2v) is 7.00. The quantitative estimate of drug-likeness (QED) is 0.575. The summed E-state index contributed by atoms with van der Waals surface area (Å²) in [7, 11) is 0. The van der Waals surface area contributed by atoms with Gasteiger partial charge in [-0.05, 0) is 49.7 Å². The minimum Gasteiger partial charge on any atom is -0.346 e. The number of hydrogen-bond acceptors (Lipinski definition) is 3. The Morgan fingerprint density at radius 2 is 1.52 bits per heavy atom. The summed E-state index contributed by atoms with van der Waals surface area (Å²) >= 11 is 0. The number of hydrogen-bond donors (Lipinski definition) is 1. The highest BCUT2D eigenvalue weighted by Gasteiger charge is 2.13.